The summed E-state index contributed by atoms with van der Waals surface area (Å²) in [6.07, 6.45) is 2.74. The van der Waals surface area contributed by atoms with E-state index in [1.807, 2.05) is 17.9 Å². The van der Waals surface area contributed by atoms with Gasteiger partial charge in [-0.15, -0.1) is 0 Å². The molecule has 2 heterocycles. The molecule has 0 saturated carbocycles. The average molecular weight is 292 g/mol. The zero-order chi connectivity index (χ0) is 15.2. The first-order chi connectivity index (χ1) is 10.1. The highest BCUT2D eigenvalue weighted by Gasteiger charge is 2.22. The highest BCUT2D eigenvalue weighted by atomic mass is 16.5. The molecule has 1 atom stereocenters. The van der Waals surface area contributed by atoms with Gasteiger partial charge < -0.3 is 15.1 Å². The van der Waals surface area contributed by atoms with E-state index < -0.39 is 0 Å². The van der Waals surface area contributed by atoms with Crippen molar-refractivity contribution in [3.8, 4) is 0 Å². The first kappa shape index (κ1) is 15.7. The van der Waals surface area contributed by atoms with E-state index >= 15 is 0 Å². The van der Waals surface area contributed by atoms with Crippen molar-refractivity contribution in [1.29, 1.82) is 0 Å². The normalized spacial score (nSPS) is 19.2. The molecule has 1 amide bonds. The fraction of sp³-hybridized carbons (Fsp3) is 0.600. The Labute approximate surface area is 125 Å². The van der Waals surface area contributed by atoms with Crippen LogP contribution in [0.3, 0.4) is 0 Å². The number of amides is 1. The molecular formula is C15H24N4O2. The predicted octanol–water partition coefficient (Wildman–Crippen LogP) is 1.57. The van der Waals surface area contributed by atoms with Crippen molar-refractivity contribution in [3.05, 3.63) is 23.4 Å². The minimum absolute atomic E-state index is 0.0172. The molecule has 0 spiro atoms. The van der Waals surface area contributed by atoms with Gasteiger partial charge in [-0.1, -0.05) is 13.3 Å². The fourth-order valence-electron chi connectivity index (χ4n) is 2.53. The molecule has 1 aromatic heterocycles. The van der Waals surface area contributed by atoms with E-state index in [-0.39, 0.29) is 12.0 Å². The quantitative estimate of drug-likeness (QED) is 0.650. The van der Waals surface area contributed by atoms with Crippen molar-refractivity contribution in [2.45, 2.75) is 39.2 Å². The number of hydrogen-bond acceptors (Lipinski definition) is 5. The number of ether oxygens (including phenoxy) is 1. The molecule has 116 valence electrons. The number of nitrogens with zero attached hydrogens (tertiary/aromatic N) is 2. The van der Waals surface area contributed by atoms with E-state index in [4.69, 9.17) is 10.6 Å². The molecule has 1 unspecified atom stereocenters. The smallest absolute Gasteiger partial charge is 0.254 e. The maximum absolute atomic E-state index is 12.7. The minimum atomic E-state index is 0.0172. The molecule has 6 nitrogen and oxygen atoms in total. The molecule has 1 aromatic rings. The predicted molar refractivity (Wildman–Crippen MR) is 82.0 cm³/mol. The number of nitrogens with one attached hydrogen (secondary N) is 1. The molecule has 1 saturated heterocycles. The van der Waals surface area contributed by atoms with Crippen LogP contribution >= 0.6 is 0 Å². The number of carbonyl (C=O) groups is 1. The van der Waals surface area contributed by atoms with Gasteiger partial charge in [-0.3, -0.25) is 4.79 Å². The van der Waals surface area contributed by atoms with Crippen LogP contribution in [0.15, 0.2) is 12.1 Å². The largest absolute Gasteiger partial charge is 0.377 e. The fourth-order valence-corrected chi connectivity index (χ4v) is 2.53. The molecule has 1 fully saturated rings. The maximum atomic E-state index is 12.7. The number of anilines is 1. The van der Waals surface area contributed by atoms with Gasteiger partial charge in [0.15, 0.2) is 0 Å². The second-order valence-electron chi connectivity index (χ2n) is 5.41. The lowest BCUT2D eigenvalue weighted by molar-refractivity contribution is 0.0562. The van der Waals surface area contributed by atoms with E-state index in [1.54, 1.807) is 6.07 Å². The van der Waals surface area contributed by atoms with E-state index in [0.29, 0.717) is 24.5 Å². The topological polar surface area (TPSA) is 80.5 Å². The van der Waals surface area contributed by atoms with Crippen molar-refractivity contribution < 1.29 is 9.53 Å². The summed E-state index contributed by atoms with van der Waals surface area (Å²) in [4.78, 5) is 18.9. The number of hydrazine groups is 1. The zero-order valence-electron chi connectivity index (χ0n) is 12.8. The SMILES string of the molecule is CCCc1cc(C(=O)N2CCCOC(C)C2)cc(NN)n1. The lowest BCUT2D eigenvalue weighted by atomic mass is 10.1. The van der Waals surface area contributed by atoms with E-state index in [1.165, 1.54) is 0 Å². The molecule has 0 bridgehead atoms. The van der Waals surface area contributed by atoms with Crippen molar-refractivity contribution in [2.24, 2.45) is 5.84 Å². The summed E-state index contributed by atoms with van der Waals surface area (Å²) in [6, 6.07) is 3.57. The molecular weight excluding hydrogens is 268 g/mol. The van der Waals surface area contributed by atoms with Gasteiger partial charge in [0.2, 0.25) is 0 Å². The number of pyridine rings is 1. The first-order valence-corrected chi connectivity index (χ1v) is 7.52. The summed E-state index contributed by atoms with van der Waals surface area (Å²) in [5.41, 5.74) is 4.06. The molecule has 21 heavy (non-hydrogen) atoms. The van der Waals surface area contributed by atoms with Crippen LogP contribution in [0.5, 0.6) is 0 Å². The van der Waals surface area contributed by atoms with Crippen LogP contribution in [0.2, 0.25) is 0 Å². The van der Waals surface area contributed by atoms with Crippen molar-refractivity contribution in [3.63, 3.8) is 0 Å². The lowest BCUT2D eigenvalue weighted by Gasteiger charge is -2.22. The Bertz CT molecular complexity index is 493. The van der Waals surface area contributed by atoms with Crippen molar-refractivity contribution in [1.82, 2.24) is 9.88 Å². The summed E-state index contributed by atoms with van der Waals surface area (Å²) in [7, 11) is 0. The Morgan fingerprint density at radius 1 is 1.57 bits per heavy atom. The summed E-state index contributed by atoms with van der Waals surface area (Å²) in [5, 5.41) is 0. The second-order valence-corrected chi connectivity index (χ2v) is 5.41. The van der Waals surface area contributed by atoms with E-state index in [9.17, 15) is 4.79 Å². The monoisotopic (exact) mass is 292 g/mol. The molecule has 0 aromatic carbocycles. The van der Waals surface area contributed by atoms with Gasteiger partial charge in [0, 0.05) is 31.0 Å². The zero-order valence-corrected chi connectivity index (χ0v) is 12.8. The molecule has 0 aliphatic carbocycles. The Morgan fingerprint density at radius 3 is 3.10 bits per heavy atom. The molecule has 2 rings (SSSR count). The lowest BCUT2D eigenvalue weighted by Crippen LogP contribution is -2.36. The highest BCUT2D eigenvalue weighted by molar-refractivity contribution is 5.95. The molecule has 3 N–H and O–H groups in total. The molecule has 1 aliphatic heterocycles. The number of nitrogens with two attached hydrogens (primary N) is 1. The number of rotatable bonds is 4. The van der Waals surface area contributed by atoms with E-state index in [2.05, 4.69) is 17.3 Å². The summed E-state index contributed by atoms with van der Waals surface area (Å²) in [6.45, 7) is 6.13. The number of hydrogen-bond donors (Lipinski definition) is 2. The first-order valence-electron chi connectivity index (χ1n) is 7.52. The summed E-state index contributed by atoms with van der Waals surface area (Å²) < 4.78 is 5.59. The van der Waals surface area contributed by atoms with Gasteiger partial charge in [0.1, 0.15) is 5.82 Å². The molecule has 1 aliphatic rings. The van der Waals surface area contributed by atoms with Crippen molar-refractivity contribution >= 4 is 11.7 Å². The number of carbonyl (C=O) groups excluding carboxylic acids is 1. The average Bonchev–Trinajstić information content (AvgIpc) is 2.71. The molecule has 6 heteroatoms. The van der Waals surface area contributed by atoms with Crippen LogP contribution in [-0.4, -0.2) is 41.6 Å². The standard InChI is InChI=1S/C15H24N4O2/c1-3-5-13-8-12(9-14(17-13)18-16)15(20)19-6-4-7-21-11(2)10-19/h8-9,11H,3-7,10,16H2,1-2H3,(H,17,18). The summed E-state index contributed by atoms with van der Waals surface area (Å²) >= 11 is 0. The van der Waals surface area contributed by atoms with Crippen LogP contribution in [0, 0.1) is 0 Å². The van der Waals surface area contributed by atoms with Crippen LogP contribution in [0.4, 0.5) is 5.82 Å². The third-order valence-electron chi connectivity index (χ3n) is 3.52. The van der Waals surface area contributed by atoms with Gasteiger partial charge >= 0.3 is 0 Å². The Kier molecular flexibility index (Phi) is 5.52. The maximum Gasteiger partial charge on any atom is 0.254 e. The van der Waals surface area contributed by atoms with Crippen molar-refractivity contribution in [2.75, 3.05) is 25.1 Å². The van der Waals surface area contributed by atoms with Gasteiger partial charge in [-0.25, -0.2) is 10.8 Å². The number of aromatic nitrogens is 1. The van der Waals surface area contributed by atoms with Gasteiger partial charge in [0.05, 0.1) is 6.10 Å². The van der Waals surface area contributed by atoms with Gasteiger partial charge in [0.25, 0.3) is 5.91 Å². The Morgan fingerprint density at radius 2 is 2.38 bits per heavy atom. The Balaban J connectivity index is 2.22. The number of aryl methyl sites for hydroxylation is 1. The summed E-state index contributed by atoms with van der Waals surface area (Å²) in [5.74, 6) is 6.00. The van der Waals surface area contributed by atoms with Crippen LogP contribution in [0.1, 0.15) is 42.7 Å². The van der Waals surface area contributed by atoms with Gasteiger partial charge in [-0.05, 0) is 31.9 Å². The van der Waals surface area contributed by atoms with Crippen LogP contribution < -0.4 is 11.3 Å². The second kappa shape index (κ2) is 7.38. The molecule has 0 radical (unpaired) electrons. The number of nitrogen functional groups attached to an aromatic ring is 1. The minimum Gasteiger partial charge on any atom is -0.377 e. The van der Waals surface area contributed by atoms with Gasteiger partial charge in [-0.2, -0.15) is 0 Å². The highest BCUT2D eigenvalue weighted by Crippen LogP contribution is 2.16. The Hall–Kier alpha value is -1.66. The third-order valence-corrected chi connectivity index (χ3v) is 3.52. The van der Waals surface area contributed by atoms with Crippen LogP contribution in [-0.2, 0) is 11.2 Å². The van der Waals surface area contributed by atoms with E-state index in [0.717, 1.165) is 31.5 Å². The van der Waals surface area contributed by atoms with Crippen LogP contribution in [0.25, 0.3) is 0 Å². The third kappa shape index (κ3) is 4.15.